The zero-order valence-corrected chi connectivity index (χ0v) is 15.3. The first-order valence-electron chi connectivity index (χ1n) is 8.14. The number of hydrogen-bond acceptors (Lipinski definition) is 6. The first-order chi connectivity index (χ1) is 13.5. The van der Waals surface area contributed by atoms with Gasteiger partial charge in [0.15, 0.2) is 0 Å². The molecule has 0 radical (unpaired) electrons. The molecule has 2 aromatic heterocycles. The van der Waals surface area contributed by atoms with Gasteiger partial charge in [0.2, 0.25) is 0 Å². The molecule has 0 saturated heterocycles. The number of furan rings is 1. The summed E-state index contributed by atoms with van der Waals surface area (Å²) in [5, 5.41) is 17.9. The first-order valence-corrected chi connectivity index (χ1v) is 9.02. The number of nitro groups is 1. The van der Waals surface area contributed by atoms with Crippen LogP contribution >= 0.6 is 11.3 Å². The highest BCUT2D eigenvalue weighted by atomic mass is 32.1. The second-order valence-corrected chi connectivity index (χ2v) is 6.55. The second-order valence-electron chi connectivity index (χ2n) is 5.60. The van der Waals surface area contributed by atoms with Gasteiger partial charge < -0.3 is 15.1 Å². The van der Waals surface area contributed by atoms with E-state index < -0.39 is 16.7 Å². The summed E-state index contributed by atoms with van der Waals surface area (Å²) in [6.07, 6.45) is 2.87. The summed E-state index contributed by atoms with van der Waals surface area (Å²) in [4.78, 5) is 35.8. The SMILES string of the molecule is O=C(NCc1ccco1)/C(=C\c1cccc([N+](=O)[O-])c1)NC(=O)c1cccs1. The van der Waals surface area contributed by atoms with E-state index in [1.807, 2.05) is 0 Å². The molecule has 142 valence electrons. The first kappa shape index (κ1) is 19.1. The number of nitrogens with one attached hydrogen (secondary N) is 2. The molecule has 0 spiro atoms. The van der Waals surface area contributed by atoms with Gasteiger partial charge in [0.05, 0.1) is 22.6 Å². The lowest BCUT2D eigenvalue weighted by Crippen LogP contribution is -2.34. The number of amides is 2. The number of hydrogen-bond donors (Lipinski definition) is 2. The number of rotatable bonds is 7. The Labute approximate surface area is 163 Å². The van der Waals surface area contributed by atoms with Crippen LogP contribution in [0.3, 0.4) is 0 Å². The minimum absolute atomic E-state index is 0.0366. The summed E-state index contributed by atoms with van der Waals surface area (Å²) in [5.41, 5.74) is 0.253. The van der Waals surface area contributed by atoms with Crippen molar-refractivity contribution in [1.29, 1.82) is 0 Å². The predicted octanol–water partition coefficient (Wildman–Crippen LogP) is 3.34. The molecule has 2 heterocycles. The Morgan fingerprint density at radius 1 is 1.18 bits per heavy atom. The van der Waals surface area contributed by atoms with E-state index in [4.69, 9.17) is 4.42 Å². The van der Waals surface area contributed by atoms with Crippen LogP contribution in [-0.2, 0) is 11.3 Å². The summed E-state index contributed by atoms with van der Waals surface area (Å²) in [6.45, 7) is 0.132. The van der Waals surface area contributed by atoms with Crippen molar-refractivity contribution in [3.63, 3.8) is 0 Å². The van der Waals surface area contributed by atoms with E-state index in [-0.39, 0.29) is 17.9 Å². The van der Waals surface area contributed by atoms with Crippen LogP contribution in [0.4, 0.5) is 5.69 Å². The third kappa shape index (κ3) is 4.92. The van der Waals surface area contributed by atoms with E-state index in [1.54, 1.807) is 35.7 Å². The molecule has 0 unspecified atom stereocenters. The standard InChI is InChI=1S/C19H15N3O5S/c23-18(20-12-15-6-2-8-27-15)16(21-19(24)17-7-3-9-28-17)11-13-4-1-5-14(10-13)22(25)26/h1-11H,12H2,(H,20,23)(H,21,24)/b16-11+. The van der Waals surface area contributed by atoms with E-state index in [9.17, 15) is 19.7 Å². The fourth-order valence-corrected chi connectivity index (χ4v) is 2.94. The molecule has 0 atom stereocenters. The smallest absolute Gasteiger partial charge is 0.270 e. The van der Waals surface area contributed by atoms with Gasteiger partial charge in [0.1, 0.15) is 11.5 Å². The average Bonchev–Trinajstić information content (AvgIpc) is 3.39. The summed E-state index contributed by atoms with van der Waals surface area (Å²) >= 11 is 1.23. The summed E-state index contributed by atoms with van der Waals surface area (Å²) < 4.78 is 5.17. The van der Waals surface area contributed by atoms with E-state index >= 15 is 0 Å². The predicted molar refractivity (Wildman–Crippen MR) is 103 cm³/mol. The maximum absolute atomic E-state index is 12.6. The zero-order valence-electron chi connectivity index (χ0n) is 14.5. The lowest BCUT2D eigenvalue weighted by Gasteiger charge is -2.10. The minimum Gasteiger partial charge on any atom is -0.467 e. The summed E-state index contributed by atoms with van der Waals surface area (Å²) in [5.74, 6) is -0.444. The molecule has 0 aliphatic heterocycles. The molecule has 3 rings (SSSR count). The Morgan fingerprint density at radius 3 is 2.71 bits per heavy atom. The van der Waals surface area contributed by atoms with Crippen LogP contribution in [0.25, 0.3) is 6.08 Å². The maximum atomic E-state index is 12.6. The van der Waals surface area contributed by atoms with Gasteiger partial charge in [-0.25, -0.2) is 0 Å². The molecular weight excluding hydrogens is 382 g/mol. The Hall–Kier alpha value is -3.72. The van der Waals surface area contributed by atoms with Crippen LogP contribution in [0.1, 0.15) is 21.0 Å². The Morgan fingerprint density at radius 2 is 2.04 bits per heavy atom. The van der Waals surface area contributed by atoms with Crippen molar-refractivity contribution in [3.05, 3.63) is 92.2 Å². The van der Waals surface area contributed by atoms with Crippen LogP contribution in [-0.4, -0.2) is 16.7 Å². The molecule has 2 amide bonds. The summed E-state index contributed by atoms with van der Waals surface area (Å²) in [6, 6.07) is 12.5. The fraction of sp³-hybridized carbons (Fsp3) is 0.0526. The van der Waals surface area contributed by atoms with Gasteiger partial charge in [-0.1, -0.05) is 18.2 Å². The molecular formula is C19H15N3O5S. The van der Waals surface area contributed by atoms with Crippen molar-refractivity contribution < 1.29 is 18.9 Å². The number of benzene rings is 1. The van der Waals surface area contributed by atoms with Crippen LogP contribution < -0.4 is 10.6 Å². The average molecular weight is 397 g/mol. The Balaban J connectivity index is 1.84. The molecule has 9 heteroatoms. The topological polar surface area (TPSA) is 114 Å². The second kappa shape index (κ2) is 8.78. The highest BCUT2D eigenvalue weighted by Gasteiger charge is 2.16. The Bertz CT molecular complexity index is 1010. The number of nitrogens with zero attached hydrogens (tertiary/aromatic N) is 1. The molecule has 8 nitrogen and oxygen atoms in total. The van der Waals surface area contributed by atoms with Crippen molar-refractivity contribution in [2.75, 3.05) is 0 Å². The lowest BCUT2D eigenvalue weighted by molar-refractivity contribution is -0.384. The van der Waals surface area contributed by atoms with Gasteiger partial charge in [0.25, 0.3) is 17.5 Å². The largest absolute Gasteiger partial charge is 0.467 e. The molecule has 1 aromatic carbocycles. The van der Waals surface area contributed by atoms with Crippen LogP contribution in [0, 0.1) is 10.1 Å². The lowest BCUT2D eigenvalue weighted by atomic mass is 10.1. The van der Waals surface area contributed by atoms with Crippen LogP contribution in [0.5, 0.6) is 0 Å². The number of nitro benzene ring substituents is 1. The fourth-order valence-electron chi connectivity index (χ4n) is 2.32. The number of carbonyl (C=O) groups is 2. The van der Waals surface area contributed by atoms with Crippen molar-refractivity contribution in [3.8, 4) is 0 Å². The highest BCUT2D eigenvalue weighted by molar-refractivity contribution is 7.12. The van der Waals surface area contributed by atoms with Crippen LogP contribution in [0.2, 0.25) is 0 Å². The monoisotopic (exact) mass is 397 g/mol. The van der Waals surface area contributed by atoms with Gasteiger partial charge >= 0.3 is 0 Å². The van der Waals surface area contributed by atoms with Crippen LogP contribution in [0.15, 0.2) is 70.3 Å². The minimum atomic E-state index is -0.548. The van der Waals surface area contributed by atoms with E-state index in [2.05, 4.69) is 10.6 Å². The third-order valence-electron chi connectivity index (χ3n) is 3.63. The molecule has 0 saturated carbocycles. The molecule has 0 aliphatic rings. The Kier molecular flexibility index (Phi) is 5.97. The summed E-state index contributed by atoms with van der Waals surface area (Å²) in [7, 11) is 0. The van der Waals surface area contributed by atoms with Gasteiger partial charge in [-0.05, 0) is 35.2 Å². The van der Waals surface area contributed by atoms with Crippen molar-refractivity contribution in [1.82, 2.24) is 10.6 Å². The molecule has 0 bridgehead atoms. The maximum Gasteiger partial charge on any atom is 0.270 e. The zero-order chi connectivity index (χ0) is 19.9. The van der Waals surface area contributed by atoms with Gasteiger partial charge in [-0.2, -0.15) is 0 Å². The third-order valence-corrected chi connectivity index (χ3v) is 4.50. The van der Waals surface area contributed by atoms with E-state index in [0.29, 0.717) is 16.2 Å². The number of carbonyl (C=O) groups excluding carboxylic acids is 2. The van der Waals surface area contributed by atoms with Crippen molar-refractivity contribution in [2.45, 2.75) is 6.54 Å². The van der Waals surface area contributed by atoms with Gasteiger partial charge in [0, 0.05) is 12.1 Å². The molecule has 2 N–H and O–H groups in total. The van der Waals surface area contributed by atoms with Gasteiger partial charge in [-0.3, -0.25) is 19.7 Å². The quantitative estimate of drug-likeness (QED) is 0.360. The molecule has 3 aromatic rings. The molecule has 0 aliphatic carbocycles. The highest BCUT2D eigenvalue weighted by Crippen LogP contribution is 2.16. The van der Waals surface area contributed by atoms with Crippen molar-refractivity contribution >= 4 is 34.9 Å². The van der Waals surface area contributed by atoms with Gasteiger partial charge in [-0.15, -0.1) is 11.3 Å². The molecule has 28 heavy (non-hydrogen) atoms. The van der Waals surface area contributed by atoms with E-state index in [1.165, 1.54) is 41.9 Å². The number of thiophene rings is 1. The number of non-ortho nitro benzene ring substituents is 1. The van der Waals surface area contributed by atoms with Crippen molar-refractivity contribution in [2.24, 2.45) is 0 Å². The molecule has 0 fully saturated rings. The normalized spacial score (nSPS) is 11.1. The van der Waals surface area contributed by atoms with E-state index in [0.717, 1.165) is 0 Å².